The molecule has 1 aromatic carbocycles. The van der Waals surface area contributed by atoms with Gasteiger partial charge < -0.3 is 18.9 Å². The van der Waals surface area contributed by atoms with Crippen LogP contribution in [0.4, 0.5) is 0 Å². The van der Waals surface area contributed by atoms with Crippen LogP contribution in [0, 0.1) is 0 Å². The van der Waals surface area contributed by atoms with E-state index in [4.69, 9.17) is 18.9 Å². The molecule has 0 N–H and O–H groups in total. The smallest absolute Gasteiger partial charge is 0.183 e. The number of ether oxygens (including phenoxy) is 4. The van der Waals surface area contributed by atoms with Gasteiger partial charge in [-0.05, 0) is 12.1 Å². The highest BCUT2D eigenvalue weighted by atomic mass is 16.7. The SMILES string of the molecule is COC(OC)c1ccc2c(c1)OCCO2. The van der Waals surface area contributed by atoms with Crippen LogP contribution in [0.5, 0.6) is 11.5 Å². The van der Waals surface area contributed by atoms with Crippen molar-refractivity contribution < 1.29 is 18.9 Å². The normalized spacial score (nSPS) is 14.3. The summed E-state index contributed by atoms with van der Waals surface area (Å²) < 4.78 is 21.2. The summed E-state index contributed by atoms with van der Waals surface area (Å²) in [6, 6.07) is 5.66. The molecule has 1 aromatic rings. The Labute approximate surface area is 88.7 Å². The van der Waals surface area contributed by atoms with Gasteiger partial charge >= 0.3 is 0 Å². The van der Waals surface area contributed by atoms with E-state index in [2.05, 4.69) is 0 Å². The molecule has 0 radical (unpaired) electrons. The van der Waals surface area contributed by atoms with Crippen molar-refractivity contribution in [2.45, 2.75) is 6.29 Å². The molecule has 0 fully saturated rings. The lowest BCUT2D eigenvalue weighted by Gasteiger charge is -2.20. The zero-order valence-electron chi connectivity index (χ0n) is 8.86. The number of fused-ring (bicyclic) bond motifs is 1. The van der Waals surface area contributed by atoms with Gasteiger partial charge in [0.05, 0.1) is 0 Å². The molecular formula is C11H14O4. The van der Waals surface area contributed by atoms with Crippen molar-refractivity contribution in [2.24, 2.45) is 0 Å². The summed E-state index contributed by atoms with van der Waals surface area (Å²) in [4.78, 5) is 0. The third kappa shape index (κ3) is 2.06. The zero-order valence-corrected chi connectivity index (χ0v) is 8.86. The van der Waals surface area contributed by atoms with E-state index >= 15 is 0 Å². The van der Waals surface area contributed by atoms with Crippen LogP contribution in [-0.2, 0) is 9.47 Å². The number of benzene rings is 1. The van der Waals surface area contributed by atoms with Crippen molar-refractivity contribution >= 4 is 0 Å². The molecule has 1 aliphatic rings. The fourth-order valence-corrected chi connectivity index (χ4v) is 1.57. The lowest BCUT2D eigenvalue weighted by molar-refractivity contribution is -0.106. The fourth-order valence-electron chi connectivity index (χ4n) is 1.57. The molecule has 1 aliphatic heterocycles. The predicted molar refractivity (Wildman–Crippen MR) is 54.2 cm³/mol. The summed E-state index contributed by atoms with van der Waals surface area (Å²) in [6.45, 7) is 1.19. The number of rotatable bonds is 3. The standard InChI is InChI=1S/C11H14O4/c1-12-11(13-2)8-3-4-9-10(7-8)15-6-5-14-9/h3-4,7,11H,5-6H2,1-2H3. The number of hydrogen-bond donors (Lipinski definition) is 0. The maximum absolute atomic E-state index is 5.47. The quantitative estimate of drug-likeness (QED) is 0.712. The predicted octanol–water partition coefficient (Wildman–Crippen LogP) is 1.75. The van der Waals surface area contributed by atoms with Crippen LogP contribution in [0.15, 0.2) is 18.2 Å². The van der Waals surface area contributed by atoms with E-state index in [0.717, 1.165) is 17.1 Å². The number of methoxy groups -OCH3 is 2. The minimum absolute atomic E-state index is 0.360. The van der Waals surface area contributed by atoms with Gasteiger partial charge in [-0.3, -0.25) is 0 Å². The second-order valence-electron chi connectivity index (χ2n) is 3.21. The molecule has 1 heterocycles. The molecule has 0 saturated heterocycles. The van der Waals surface area contributed by atoms with Crippen LogP contribution < -0.4 is 9.47 Å². The van der Waals surface area contributed by atoms with Gasteiger partial charge in [-0.2, -0.15) is 0 Å². The van der Waals surface area contributed by atoms with Crippen molar-refractivity contribution in [1.29, 1.82) is 0 Å². The Hall–Kier alpha value is -1.26. The summed E-state index contributed by atoms with van der Waals surface area (Å²) in [5, 5.41) is 0. The molecule has 0 aromatic heterocycles. The van der Waals surface area contributed by atoms with Crippen LogP contribution in [0.25, 0.3) is 0 Å². The molecule has 0 aliphatic carbocycles. The van der Waals surface area contributed by atoms with E-state index in [1.54, 1.807) is 14.2 Å². The first-order valence-corrected chi connectivity index (χ1v) is 4.80. The minimum Gasteiger partial charge on any atom is -0.486 e. The highest BCUT2D eigenvalue weighted by molar-refractivity contribution is 5.44. The van der Waals surface area contributed by atoms with Gasteiger partial charge in [0.1, 0.15) is 13.2 Å². The van der Waals surface area contributed by atoms with E-state index in [1.807, 2.05) is 18.2 Å². The Balaban J connectivity index is 2.27. The van der Waals surface area contributed by atoms with Crippen LogP contribution in [0.3, 0.4) is 0 Å². The van der Waals surface area contributed by atoms with Gasteiger partial charge in [0.15, 0.2) is 17.8 Å². The van der Waals surface area contributed by atoms with E-state index in [1.165, 1.54) is 0 Å². The molecule has 4 nitrogen and oxygen atoms in total. The Morgan fingerprint density at radius 1 is 1.07 bits per heavy atom. The second kappa shape index (κ2) is 4.51. The molecule has 0 spiro atoms. The van der Waals surface area contributed by atoms with Gasteiger partial charge in [-0.1, -0.05) is 6.07 Å². The monoisotopic (exact) mass is 210 g/mol. The van der Waals surface area contributed by atoms with Crippen molar-refractivity contribution in [3.05, 3.63) is 23.8 Å². The molecule has 15 heavy (non-hydrogen) atoms. The average Bonchev–Trinajstić information content (AvgIpc) is 2.30. The van der Waals surface area contributed by atoms with Gasteiger partial charge in [0.2, 0.25) is 0 Å². The van der Waals surface area contributed by atoms with E-state index in [-0.39, 0.29) is 6.29 Å². The summed E-state index contributed by atoms with van der Waals surface area (Å²) in [7, 11) is 3.20. The van der Waals surface area contributed by atoms with Gasteiger partial charge in [-0.15, -0.1) is 0 Å². The van der Waals surface area contributed by atoms with Gasteiger partial charge in [-0.25, -0.2) is 0 Å². The highest BCUT2D eigenvalue weighted by Gasteiger charge is 2.15. The third-order valence-electron chi connectivity index (χ3n) is 2.27. The maximum atomic E-state index is 5.47. The van der Waals surface area contributed by atoms with Crippen LogP contribution in [0.1, 0.15) is 11.9 Å². The van der Waals surface area contributed by atoms with Crippen molar-refractivity contribution in [3.8, 4) is 11.5 Å². The molecule has 82 valence electrons. The largest absolute Gasteiger partial charge is 0.486 e. The summed E-state index contributed by atoms with van der Waals surface area (Å²) in [5.41, 5.74) is 0.921. The molecular weight excluding hydrogens is 196 g/mol. The van der Waals surface area contributed by atoms with Crippen molar-refractivity contribution in [2.75, 3.05) is 27.4 Å². The molecule has 4 heteroatoms. The van der Waals surface area contributed by atoms with E-state index < -0.39 is 0 Å². The highest BCUT2D eigenvalue weighted by Crippen LogP contribution is 2.33. The maximum Gasteiger partial charge on any atom is 0.183 e. The first-order valence-electron chi connectivity index (χ1n) is 4.80. The Morgan fingerprint density at radius 3 is 2.40 bits per heavy atom. The second-order valence-corrected chi connectivity index (χ2v) is 3.21. The van der Waals surface area contributed by atoms with Crippen LogP contribution in [0.2, 0.25) is 0 Å². The molecule has 0 saturated carbocycles. The zero-order chi connectivity index (χ0) is 10.7. The molecule has 0 atom stereocenters. The van der Waals surface area contributed by atoms with Crippen LogP contribution >= 0.6 is 0 Å². The van der Waals surface area contributed by atoms with Gasteiger partial charge in [0, 0.05) is 19.8 Å². The summed E-state index contributed by atoms with van der Waals surface area (Å²) >= 11 is 0. The van der Waals surface area contributed by atoms with Gasteiger partial charge in [0.25, 0.3) is 0 Å². The van der Waals surface area contributed by atoms with Crippen LogP contribution in [-0.4, -0.2) is 27.4 Å². The Morgan fingerprint density at radius 2 is 1.73 bits per heavy atom. The summed E-state index contributed by atoms with van der Waals surface area (Å²) in [5.74, 6) is 1.52. The fraction of sp³-hybridized carbons (Fsp3) is 0.455. The average molecular weight is 210 g/mol. The first kappa shape index (κ1) is 10.3. The molecule has 0 amide bonds. The molecule has 0 unspecified atom stereocenters. The summed E-state index contributed by atoms with van der Waals surface area (Å²) in [6.07, 6.45) is -0.360. The molecule has 0 bridgehead atoms. The molecule has 2 rings (SSSR count). The lowest BCUT2D eigenvalue weighted by Crippen LogP contribution is -2.16. The Kier molecular flexibility index (Phi) is 3.08. The van der Waals surface area contributed by atoms with Crippen molar-refractivity contribution in [1.82, 2.24) is 0 Å². The Bertz CT molecular complexity index is 333. The lowest BCUT2D eigenvalue weighted by atomic mass is 10.2. The van der Waals surface area contributed by atoms with E-state index in [0.29, 0.717) is 13.2 Å². The first-order chi connectivity index (χ1) is 7.35. The van der Waals surface area contributed by atoms with E-state index in [9.17, 15) is 0 Å². The minimum atomic E-state index is -0.360. The number of hydrogen-bond acceptors (Lipinski definition) is 4. The van der Waals surface area contributed by atoms with Crippen molar-refractivity contribution in [3.63, 3.8) is 0 Å². The third-order valence-corrected chi connectivity index (χ3v) is 2.27. The topological polar surface area (TPSA) is 36.9 Å².